The van der Waals surface area contributed by atoms with Crippen LogP contribution in [0.15, 0.2) is 0 Å². The SMILES string of the molecule is CCN(CC)C(=N)C1CC2CCC1O2. The lowest BCUT2D eigenvalue weighted by atomic mass is 9.88. The van der Waals surface area contributed by atoms with Gasteiger partial charge in [0.2, 0.25) is 0 Å². The molecule has 2 fully saturated rings. The van der Waals surface area contributed by atoms with Gasteiger partial charge in [-0.1, -0.05) is 0 Å². The Hall–Kier alpha value is -0.570. The Morgan fingerprint density at radius 2 is 2.07 bits per heavy atom. The fourth-order valence-corrected chi connectivity index (χ4v) is 2.72. The minimum atomic E-state index is 0.355. The standard InChI is InChI=1S/C11H20N2O/c1-3-13(4-2)11(12)9-7-8-5-6-10(9)14-8/h8-10,12H,3-7H2,1-2H3. The third-order valence-electron chi connectivity index (χ3n) is 3.56. The highest BCUT2D eigenvalue weighted by Gasteiger charge is 2.43. The molecule has 0 spiro atoms. The topological polar surface area (TPSA) is 36.3 Å². The predicted molar refractivity (Wildman–Crippen MR) is 56.6 cm³/mol. The van der Waals surface area contributed by atoms with Crippen molar-refractivity contribution in [3.05, 3.63) is 0 Å². The molecule has 3 nitrogen and oxygen atoms in total. The van der Waals surface area contributed by atoms with Gasteiger partial charge in [0, 0.05) is 19.0 Å². The van der Waals surface area contributed by atoms with Crippen molar-refractivity contribution >= 4 is 5.84 Å². The Morgan fingerprint density at radius 3 is 2.50 bits per heavy atom. The average Bonchev–Trinajstić information content (AvgIpc) is 2.80. The normalized spacial score (nSPS) is 34.9. The lowest BCUT2D eigenvalue weighted by molar-refractivity contribution is 0.0983. The van der Waals surface area contributed by atoms with Crippen LogP contribution in [0.25, 0.3) is 0 Å². The highest BCUT2D eigenvalue weighted by molar-refractivity contribution is 5.82. The zero-order chi connectivity index (χ0) is 10.1. The van der Waals surface area contributed by atoms with Crippen LogP contribution in [-0.4, -0.2) is 36.0 Å². The molecular formula is C11H20N2O. The first-order valence-corrected chi connectivity index (χ1v) is 5.75. The Bertz CT molecular complexity index is 225. The van der Waals surface area contributed by atoms with Gasteiger partial charge >= 0.3 is 0 Å². The molecule has 2 aliphatic rings. The van der Waals surface area contributed by atoms with E-state index < -0.39 is 0 Å². The van der Waals surface area contributed by atoms with Crippen LogP contribution in [-0.2, 0) is 4.74 Å². The van der Waals surface area contributed by atoms with Crippen LogP contribution < -0.4 is 0 Å². The molecule has 14 heavy (non-hydrogen) atoms. The Morgan fingerprint density at radius 1 is 1.36 bits per heavy atom. The Balaban J connectivity index is 1.98. The van der Waals surface area contributed by atoms with Crippen LogP contribution in [0.4, 0.5) is 0 Å². The number of amidine groups is 1. The van der Waals surface area contributed by atoms with E-state index in [9.17, 15) is 0 Å². The molecule has 1 N–H and O–H groups in total. The second kappa shape index (κ2) is 3.89. The molecule has 0 aromatic heterocycles. The van der Waals surface area contributed by atoms with Gasteiger partial charge in [-0.25, -0.2) is 0 Å². The first-order chi connectivity index (χ1) is 6.76. The summed E-state index contributed by atoms with van der Waals surface area (Å²) in [5.74, 6) is 1.19. The highest BCUT2D eigenvalue weighted by Crippen LogP contribution is 2.39. The summed E-state index contributed by atoms with van der Waals surface area (Å²) in [5.41, 5.74) is 0. The van der Waals surface area contributed by atoms with Gasteiger partial charge in [0.15, 0.2) is 0 Å². The van der Waals surface area contributed by atoms with Crippen LogP contribution in [0, 0.1) is 11.3 Å². The van der Waals surface area contributed by atoms with Crippen LogP contribution in [0.3, 0.4) is 0 Å². The summed E-state index contributed by atoms with van der Waals surface area (Å²) in [4.78, 5) is 2.15. The monoisotopic (exact) mass is 196 g/mol. The van der Waals surface area contributed by atoms with E-state index in [0.717, 1.165) is 25.3 Å². The van der Waals surface area contributed by atoms with Gasteiger partial charge in [0.05, 0.1) is 12.2 Å². The van der Waals surface area contributed by atoms with Crippen molar-refractivity contribution < 1.29 is 4.74 Å². The number of hydrogen-bond acceptors (Lipinski definition) is 2. The first kappa shape index (κ1) is 9.97. The smallest absolute Gasteiger partial charge is 0.102 e. The number of rotatable bonds is 3. The van der Waals surface area contributed by atoms with Gasteiger partial charge in [0.1, 0.15) is 5.84 Å². The van der Waals surface area contributed by atoms with Crippen LogP contribution in [0.1, 0.15) is 33.1 Å². The molecule has 0 radical (unpaired) electrons. The second-order valence-corrected chi connectivity index (χ2v) is 4.27. The summed E-state index contributed by atoms with van der Waals surface area (Å²) in [6.45, 7) is 6.13. The van der Waals surface area contributed by atoms with Crippen molar-refractivity contribution in [3.63, 3.8) is 0 Å². The zero-order valence-electron chi connectivity index (χ0n) is 9.12. The third-order valence-corrected chi connectivity index (χ3v) is 3.56. The van der Waals surface area contributed by atoms with E-state index >= 15 is 0 Å². The number of ether oxygens (including phenoxy) is 1. The third kappa shape index (κ3) is 1.54. The molecule has 0 aromatic carbocycles. The highest BCUT2D eigenvalue weighted by atomic mass is 16.5. The van der Waals surface area contributed by atoms with E-state index in [1.165, 1.54) is 12.8 Å². The summed E-state index contributed by atoms with van der Waals surface area (Å²) in [5, 5.41) is 8.14. The molecule has 2 heterocycles. The Kier molecular flexibility index (Phi) is 2.77. The molecule has 3 unspecified atom stereocenters. The maximum atomic E-state index is 8.14. The van der Waals surface area contributed by atoms with Crippen molar-refractivity contribution in [2.75, 3.05) is 13.1 Å². The fourth-order valence-electron chi connectivity index (χ4n) is 2.72. The molecule has 3 heteroatoms. The Labute approximate surface area is 85.9 Å². The minimum Gasteiger partial charge on any atom is -0.374 e. The minimum absolute atomic E-state index is 0.355. The summed E-state index contributed by atoms with van der Waals surface area (Å²) in [6.07, 6.45) is 4.28. The number of fused-ring (bicyclic) bond motifs is 2. The van der Waals surface area contributed by atoms with Crippen molar-refractivity contribution in [2.45, 2.75) is 45.3 Å². The van der Waals surface area contributed by atoms with E-state index in [0.29, 0.717) is 18.1 Å². The molecule has 0 saturated carbocycles. The number of nitrogens with zero attached hydrogens (tertiary/aromatic N) is 1. The van der Waals surface area contributed by atoms with Gasteiger partial charge in [-0.05, 0) is 33.1 Å². The maximum Gasteiger partial charge on any atom is 0.102 e. The maximum absolute atomic E-state index is 8.14. The van der Waals surface area contributed by atoms with Crippen LogP contribution in [0.2, 0.25) is 0 Å². The van der Waals surface area contributed by atoms with E-state index in [1.54, 1.807) is 0 Å². The van der Waals surface area contributed by atoms with E-state index in [2.05, 4.69) is 18.7 Å². The van der Waals surface area contributed by atoms with E-state index in [-0.39, 0.29) is 0 Å². The van der Waals surface area contributed by atoms with Crippen molar-refractivity contribution in [2.24, 2.45) is 5.92 Å². The molecule has 3 atom stereocenters. The molecule has 0 aliphatic carbocycles. The zero-order valence-corrected chi connectivity index (χ0v) is 9.12. The first-order valence-electron chi connectivity index (χ1n) is 5.75. The van der Waals surface area contributed by atoms with Crippen molar-refractivity contribution in [1.29, 1.82) is 5.41 Å². The van der Waals surface area contributed by atoms with Crippen LogP contribution in [0.5, 0.6) is 0 Å². The van der Waals surface area contributed by atoms with Gasteiger partial charge < -0.3 is 9.64 Å². The van der Waals surface area contributed by atoms with E-state index in [4.69, 9.17) is 10.1 Å². The summed E-state index contributed by atoms with van der Waals surface area (Å²) in [7, 11) is 0. The molecule has 2 rings (SSSR count). The van der Waals surface area contributed by atoms with E-state index in [1.807, 2.05) is 0 Å². The summed E-state index contributed by atoms with van der Waals surface area (Å²) < 4.78 is 5.78. The molecule has 0 amide bonds. The van der Waals surface area contributed by atoms with Gasteiger partial charge in [0.25, 0.3) is 0 Å². The molecule has 0 aromatic rings. The lowest BCUT2D eigenvalue weighted by Gasteiger charge is -2.28. The van der Waals surface area contributed by atoms with Gasteiger partial charge in [-0.3, -0.25) is 5.41 Å². The molecule has 2 bridgehead atoms. The quantitative estimate of drug-likeness (QED) is 0.552. The molecular weight excluding hydrogens is 176 g/mol. The predicted octanol–water partition coefficient (Wildman–Crippen LogP) is 1.87. The molecule has 2 saturated heterocycles. The van der Waals surface area contributed by atoms with Crippen LogP contribution >= 0.6 is 0 Å². The molecule has 80 valence electrons. The number of nitrogens with one attached hydrogen (secondary N) is 1. The van der Waals surface area contributed by atoms with Gasteiger partial charge in [-0.15, -0.1) is 0 Å². The van der Waals surface area contributed by atoms with Crippen molar-refractivity contribution in [3.8, 4) is 0 Å². The summed E-state index contributed by atoms with van der Waals surface area (Å²) in [6, 6.07) is 0. The van der Waals surface area contributed by atoms with Crippen molar-refractivity contribution in [1.82, 2.24) is 4.90 Å². The second-order valence-electron chi connectivity index (χ2n) is 4.27. The van der Waals surface area contributed by atoms with Gasteiger partial charge in [-0.2, -0.15) is 0 Å². The fraction of sp³-hybridized carbons (Fsp3) is 0.909. The lowest BCUT2D eigenvalue weighted by Crippen LogP contribution is -2.39. The largest absolute Gasteiger partial charge is 0.374 e. The molecule has 2 aliphatic heterocycles. The summed E-state index contributed by atoms with van der Waals surface area (Å²) >= 11 is 0. The average molecular weight is 196 g/mol. The number of hydrogen-bond donors (Lipinski definition) is 1.